The molecule has 0 radical (unpaired) electrons. The van der Waals surface area contributed by atoms with Crippen LogP contribution in [0, 0.1) is 17.3 Å². The second-order valence-electron chi connectivity index (χ2n) is 9.35. The molecule has 2 saturated heterocycles. The molecule has 1 aromatic rings. The summed E-state index contributed by atoms with van der Waals surface area (Å²) >= 11 is 0. The lowest BCUT2D eigenvalue weighted by Gasteiger charge is -2.31. The molecule has 1 aromatic heterocycles. The predicted octanol–water partition coefficient (Wildman–Crippen LogP) is 1.04. The first kappa shape index (κ1) is 21.1. The Morgan fingerprint density at radius 1 is 1.37 bits per heavy atom. The molecule has 0 unspecified atom stereocenters. The lowest BCUT2D eigenvalue weighted by molar-refractivity contribution is -0.132. The molecule has 0 bridgehead atoms. The van der Waals surface area contributed by atoms with Crippen molar-refractivity contribution < 1.29 is 19.1 Å². The summed E-state index contributed by atoms with van der Waals surface area (Å²) in [5.74, 6) is 0.414. The average molecular weight is 418 g/mol. The molecule has 2 amide bonds. The zero-order valence-corrected chi connectivity index (χ0v) is 18.0. The van der Waals surface area contributed by atoms with Gasteiger partial charge in [-0.1, -0.05) is 13.8 Å². The fraction of sp³-hybridized carbons (Fsp3) is 0.682. The van der Waals surface area contributed by atoms with Gasteiger partial charge in [-0.2, -0.15) is 0 Å². The van der Waals surface area contributed by atoms with E-state index in [1.54, 1.807) is 18.2 Å². The molecule has 3 aliphatic rings. The maximum absolute atomic E-state index is 13.4. The number of likely N-dealkylation sites (tertiary alicyclic amines) is 1. The second-order valence-corrected chi connectivity index (χ2v) is 9.35. The Morgan fingerprint density at radius 3 is 2.90 bits per heavy atom. The molecule has 8 nitrogen and oxygen atoms in total. The summed E-state index contributed by atoms with van der Waals surface area (Å²) < 4.78 is 11.1. The van der Waals surface area contributed by atoms with Crippen LogP contribution in [-0.4, -0.2) is 73.2 Å². The minimum atomic E-state index is -0.352. The molecule has 0 aromatic carbocycles. The van der Waals surface area contributed by atoms with E-state index in [2.05, 4.69) is 4.98 Å². The first-order chi connectivity index (χ1) is 14.3. The van der Waals surface area contributed by atoms with Gasteiger partial charge in [-0.25, -0.2) is 0 Å². The number of rotatable bonds is 5. The number of amides is 2. The number of aromatic amines is 1. The minimum Gasteiger partial charge on any atom is -0.384 e. The largest absolute Gasteiger partial charge is 0.384 e. The molecule has 2 fully saturated rings. The number of carbonyl (C=O) groups is 2. The first-order valence-electron chi connectivity index (χ1n) is 10.7. The smallest absolute Gasteiger partial charge is 0.261 e. The van der Waals surface area contributed by atoms with Gasteiger partial charge in [-0.15, -0.1) is 0 Å². The molecule has 2 atom stereocenters. The van der Waals surface area contributed by atoms with E-state index in [-0.39, 0.29) is 34.3 Å². The van der Waals surface area contributed by atoms with E-state index < -0.39 is 0 Å². The summed E-state index contributed by atoms with van der Waals surface area (Å²) in [4.78, 5) is 44.9. The van der Waals surface area contributed by atoms with Crippen LogP contribution in [0.4, 0.5) is 0 Å². The number of aromatic nitrogens is 1. The van der Waals surface area contributed by atoms with Crippen molar-refractivity contribution in [3.63, 3.8) is 0 Å². The number of hydrogen-bond donors (Lipinski definition) is 1. The lowest BCUT2D eigenvalue weighted by Crippen LogP contribution is -2.41. The number of fused-ring (bicyclic) bond motifs is 2. The molecule has 0 aliphatic carbocycles. The quantitative estimate of drug-likeness (QED) is 0.773. The lowest BCUT2D eigenvalue weighted by atomic mass is 9.82. The van der Waals surface area contributed by atoms with Crippen LogP contribution in [0.1, 0.15) is 41.8 Å². The van der Waals surface area contributed by atoms with Crippen molar-refractivity contribution in [3.05, 3.63) is 33.2 Å². The van der Waals surface area contributed by atoms with Crippen molar-refractivity contribution in [1.82, 2.24) is 14.8 Å². The molecule has 8 heteroatoms. The number of pyridine rings is 1. The predicted molar refractivity (Wildman–Crippen MR) is 110 cm³/mol. The van der Waals surface area contributed by atoms with Crippen LogP contribution in [0.2, 0.25) is 0 Å². The van der Waals surface area contributed by atoms with Crippen LogP contribution in [0.15, 0.2) is 11.0 Å². The van der Waals surface area contributed by atoms with Gasteiger partial charge < -0.3 is 24.3 Å². The Bertz CT molecular complexity index is 895. The molecule has 164 valence electrons. The second kappa shape index (κ2) is 8.15. The van der Waals surface area contributed by atoms with Crippen LogP contribution < -0.4 is 5.56 Å². The molecule has 0 spiro atoms. The molecule has 30 heavy (non-hydrogen) atoms. The number of nitrogens with one attached hydrogen (secondary N) is 1. The molecule has 4 rings (SSSR count). The summed E-state index contributed by atoms with van der Waals surface area (Å²) in [5, 5.41) is 0. The highest BCUT2D eigenvalue weighted by Crippen LogP contribution is 2.42. The molecule has 1 N–H and O–H groups in total. The molecule has 3 aliphatic heterocycles. The van der Waals surface area contributed by atoms with Gasteiger partial charge in [0, 0.05) is 57.2 Å². The normalized spacial score (nSPS) is 25.5. The van der Waals surface area contributed by atoms with Crippen molar-refractivity contribution in [2.24, 2.45) is 17.3 Å². The summed E-state index contributed by atoms with van der Waals surface area (Å²) in [5.41, 5.74) is 1.33. The first-order valence-corrected chi connectivity index (χ1v) is 10.7. The third-order valence-corrected chi connectivity index (χ3v) is 6.68. The van der Waals surface area contributed by atoms with Gasteiger partial charge in [-0.05, 0) is 23.5 Å². The highest BCUT2D eigenvalue weighted by Gasteiger charge is 2.52. The SMILES string of the molecule is COC[C@@]12COC[C@@H]1CN(C(=O)c1c3c(c[nH]c1=O)CN(C(=O)CC(C)C)CC3)C2. The van der Waals surface area contributed by atoms with Crippen LogP contribution >= 0.6 is 0 Å². The summed E-state index contributed by atoms with van der Waals surface area (Å²) in [7, 11) is 1.67. The van der Waals surface area contributed by atoms with Gasteiger partial charge in [0.1, 0.15) is 5.56 Å². The van der Waals surface area contributed by atoms with Crippen LogP contribution in [0.25, 0.3) is 0 Å². The zero-order chi connectivity index (χ0) is 21.5. The number of ether oxygens (including phenoxy) is 2. The number of carbonyl (C=O) groups excluding carboxylic acids is 2. The molecule has 0 saturated carbocycles. The van der Waals surface area contributed by atoms with Gasteiger partial charge in [0.25, 0.3) is 11.5 Å². The molecular formula is C22H31N3O5. The van der Waals surface area contributed by atoms with E-state index in [0.29, 0.717) is 64.8 Å². The van der Waals surface area contributed by atoms with Crippen molar-refractivity contribution >= 4 is 11.8 Å². The summed E-state index contributed by atoms with van der Waals surface area (Å²) in [6.07, 6.45) is 2.68. The van der Waals surface area contributed by atoms with Crippen LogP contribution in [0.3, 0.4) is 0 Å². The van der Waals surface area contributed by atoms with Crippen molar-refractivity contribution in [3.8, 4) is 0 Å². The van der Waals surface area contributed by atoms with E-state index >= 15 is 0 Å². The standard InChI is InChI=1S/C22H31N3O5/c1-14(2)6-18(26)24-5-4-17-15(8-24)7-23-20(27)19(17)21(28)25-9-16-10-30-13-22(16,11-25)12-29-3/h7,14,16H,4-6,8-13H2,1-3H3,(H,23,27)/t16-,22-/m0/s1. The molecule has 4 heterocycles. The summed E-state index contributed by atoms with van der Waals surface area (Å²) in [6.45, 7) is 7.85. The minimum absolute atomic E-state index is 0.114. The van der Waals surface area contributed by atoms with Crippen molar-refractivity contribution in [2.75, 3.05) is 46.6 Å². The Hall–Kier alpha value is -2.19. The Kier molecular flexibility index (Phi) is 5.72. The van der Waals surface area contributed by atoms with E-state index in [1.807, 2.05) is 18.7 Å². The third kappa shape index (κ3) is 3.67. The highest BCUT2D eigenvalue weighted by atomic mass is 16.5. The van der Waals surface area contributed by atoms with Gasteiger partial charge >= 0.3 is 0 Å². The number of methoxy groups -OCH3 is 1. The van der Waals surface area contributed by atoms with Gasteiger partial charge in [0.2, 0.25) is 5.91 Å². The molecular weight excluding hydrogens is 386 g/mol. The highest BCUT2D eigenvalue weighted by molar-refractivity contribution is 5.96. The Morgan fingerprint density at radius 2 is 2.17 bits per heavy atom. The number of hydrogen-bond acceptors (Lipinski definition) is 5. The topological polar surface area (TPSA) is 91.9 Å². The average Bonchev–Trinajstić information content (AvgIpc) is 3.24. The Labute approximate surface area is 176 Å². The van der Waals surface area contributed by atoms with Crippen LogP contribution in [-0.2, 0) is 27.2 Å². The maximum atomic E-state index is 13.4. The Balaban J connectivity index is 1.57. The van der Waals surface area contributed by atoms with Gasteiger partial charge in [-0.3, -0.25) is 14.4 Å². The van der Waals surface area contributed by atoms with Crippen molar-refractivity contribution in [2.45, 2.75) is 33.2 Å². The van der Waals surface area contributed by atoms with E-state index in [1.165, 1.54) is 0 Å². The zero-order valence-electron chi connectivity index (χ0n) is 18.0. The van der Waals surface area contributed by atoms with E-state index in [0.717, 1.165) is 11.1 Å². The number of H-pyrrole nitrogens is 1. The van der Waals surface area contributed by atoms with Gasteiger partial charge in [0.15, 0.2) is 0 Å². The van der Waals surface area contributed by atoms with E-state index in [4.69, 9.17) is 9.47 Å². The maximum Gasteiger partial charge on any atom is 0.261 e. The van der Waals surface area contributed by atoms with Crippen molar-refractivity contribution in [1.29, 1.82) is 0 Å². The monoisotopic (exact) mass is 417 g/mol. The third-order valence-electron chi connectivity index (χ3n) is 6.68. The van der Waals surface area contributed by atoms with E-state index in [9.17, 15) is 14.4 Å². The summed E-state index contributed by atoms with van der Waals surface area (Å²) in [6, 6.07) is 0. The fourth-order valence-corrected chi connectivity index (χ4v) is 5.12. The van der Waals surface area contributed by atoms with Crippen LogP contribution in [0.5, 0.6) is 0 Å². The number of nitrogens with zero attached hydrogens (tertiary/aromatic N) is 2. The van der Waals surface area contributed by atoms with Gasteiger partial charge in [0.05, 0.1) is 19.8 Å². The fourth-order valence-electron chi connectivity index (χ4n) is 5.12.